The summed E-state index contributed by atoms with van der Waals surface area (Å²) in [7, 11) is 2.16. The van der Waals surface area contributed by atoms with Crippen molar-refractivity contribution in [2.75, 3.05) is 6.61 Å². The summed E-state index contributed by atoms with van der Waals surface area (Å²) in [6, 6.07) is 0. The average molecular weight is 192 g/mol. The second kappa shape index (κ2) is 7.70. The fourth-order valence-electron chi connectivity index (χ4n) is 0.841. The van der Waals surface area contributed by atoms with Gasteiger partial charge in [-0.15, -0.1) is 0 Å². The molecule has 0 amide bonds. The van der Waals surface area contributed by atoms with Crippen LogP contribution in [0.4, 0.5) is 0 Å². The number of ketones is 1. The maximum Gasteiger partial charge on any atom is 0.138 e. The molecule has 0 fully saturated rings. The zero-order chi connectivity index (χ0) is 8.85. The molecule has 2 atom stereocenters. The molecule has 2 nitrogen and oxygen atoms in total. The quantitative estimate of drug-likeness (QED) is 0.626. The molecular weight excluding hydrogens is 171 g/mol. The molecule has 0 rings (SSSR count). The standard InChI is InChI=1S/C8H17O2P.CH4/c1-6(2)4-8(9)7(3)5-10-11;/h6-7H,4-5,11H2,1-3H3;1H4. The van der Waals surface area contributed by atoms with Crippen molar-refractivity contribution in [3.8, 4) is 0 Å². The molecule has 12 heavy (non-hydrogen) atoms. The highest BCUT2D eigenvalue weighted by molar-refractivity contribution is 7.09. The zero-order valence-corrected chi connectivity index (χ0v) is 8.62. The van der Waals surface area contributed by atoms with Gasteiger partial charge in [0.15, 0.2) is 0 Å². The lowest BCUT2D eigenvalue weighted by molar-refractivity contribution is -0.123. The molecule has 0 saturated heterocycles. The van der Waals surface area contributed by atoms with Gasteiger partial charge in [0.05, 0.1) is 6.61 Å². The van der Waals surface area contributed by atoms with Gasteiger partial charge in [0.1, 0.15) is 5.78 Å². The van der Waals surface area contributed by atoms with E-state index in [1.807, 2.05) is 20.8 Å². The maximum absolute atomic E-state index is 11.3. The van der Waals surface area contributed by atoms with Crippen molar-refractivity contribution in [1.82, 2.24) is 0 Å². The summed E-state index contributed by atoms with van der Waals surface area (Å²) >= 11 is 0. The minimum Gasteiger partial charge on any atom is -0.365 e. The topological polar surface area (TPSA) is 26.3 Å². The zero-order valence-electron chi connectivity index (χ0n) is 7.46. The lowest BCUT2D eigenvalue weighted by atomic mass is 9.99. The molecule has 0 heterocycles. The van der Waals surface area contributed by atoms with Crippen molar-refractivity contribution < 1.29 is 9.32 Å². The highest BCUT2D eigenvalue weighted by Gasteiger charge is 2.13. The van der Waals surface area contributed by atoms with Crippen LogP contribution >= 0.6 is 9.47 Å². The van der Waals surface area contributed by atoms with Crippen molar-refractivity contribution in [3.05, 3.63) is 0 Å². The Balaban J connectivity index is 0. The van der Waals surface area contributed by atoms with Gasteiger partial charge in [0.25, 0.3) is 0 Å². The Morgan fingerprint density at radius 2 is 1.92 bits per heavy atom. The number of carbonyl (C=O) groups excluding carboxylic acids is 1. The third-order valence-corrected chi connectivity index (χ3v) is 1.70. The minimum atomic E-state index is 0. The fraction of sp³-hybridized carbons (Fsp3) is 0.889. The van der Waals surface area contributed by atoms with Crippen molar-refractivity contribution in [2.45, 2.75) is 34.6 Å². The maximum atomic E-state index is 11.3. The van der Waals surface area contributed by atoms with Crippen LogP contribution in [0.2, 0.25) is 0 Å². The normalized spacial score (nSPS) is 12.4. The van der Waals surface area contributed by atoms with Crippen LogP contribution in [-0.2, 0) is 9.32 Å². The summed E-state index contributed by atoms with van der Waals surface area (Å²) in [5.41, 5.74) is 0. The second-order valence-electron chi connectivity index (χ2n) is 3.30. The molecule has 0 aliphatic carbocycles. The summed E-state index contributed by atoms with van der Waals surface area (Å²) in [4.78, 5) is 11.3. The van der Waals surface area contributed by atoms with E-state index in [0.29, 0.717) is 24.7 Å². The number of Topliss-reactive ketones (excluding diaryl/α,β-unsaturated/α-hetero) is 1. The lowest BCUT2D eigenvalue weighted by Crippen LogP contribution is -2.16. The van der Waals surface area contributed by atoms with Gasteiger partial charge >= 0.3 is 0 Å². The molecule has 0 aromatic carbocycles. The Morgan fingerprint density at radius 1 is 1.42 bits per heavy atom. The number of hydrogen-bond acceptors (Lipinski definition) is 2. The Morgan fingerprint density at radius 3 is 2.25 bits per heavy atom. The first-order valence-corrected chi connectivity index (χ1v) is 4.39. The van der Waals surface area contributed by atoms with Crippen molar-refractivity contribution >= 4 is 15.2 Å². The van der Waals surface area contributed by atoms with Crippen LogP contribution in [0.25, 0.3) is 0 Å². The van der Waals surface area contributed by atoms with Gasteiger partial charge in [0, 0.05) is 21.8 Å². The molecule has 0 spiro atoms. The van der Waals surface area contributed by atoms with E-state index in [1.54, 1.807) is 0 Å². The first-order valence-electron chi connectivity index (χ1n) is 3.92. The summed E-state index contributed by atoms with van der Waals surface area (Å²) in [5.74, 6) is 0.784. The van der Waals surface area contributed by atoms with Gasteiger partial charge in [0.2, 0.25) is 0 Å². The van der Waals surface area contributed by atoms with Gasteiger partial charge in [-0.1, -0.05) is 28.2 Å². The summed E-state index contributed by atoms with van der Waals surface area (Å²) in [6.07, 6.45) is 0.662. The third kappa shape index (κ3) is 6.75. The van der Waals surface area contributed by atoms with Crippen LogP contribution in [0.3, 0.4) is 0 Å². The molecule has 0 aromatic heterocycles. The van der Waals surface area contributed by atoms with E-state index in [9.17, 15) is 4.79 Å². The third-order valence-electron chi connectivity index (χ3n) is 1.51. The van der Waals surface area contributed by atoms with E-state index in [4.69, 9.17) is 4.52 Å². The smallest absolute Gasteiger partial charge is 0.138 e. The molecule has 3 heteroatoms. The Hall–Kier alpha value is 0.0600. The van der Waals surface area contributed by atoms with E-state index in [2.05, 4.69) is 9.47 Å². The highest BCUT2D eigenvalue weighted by atomic mass is 31.0. The molecule has 0 aliphatic rings. The van der Waals surface area contributed by atoms with Crippen molar-refractivity contribution in [2.24, 2.45) is 11.8 Å². The van der Waals surface area contributed by atoms with Crippen LogP contribution in [0.1, 0.15) is 34.6 Å². The molecule has 74 valence electrons. The summed E-state index contributed by atoms with van der Waals surface area (Å²) < 4.78 is 4.80. The summed E-state index contributed by atoms with van der Waals surface area (Å²) in [5, 5.41) is 0. The average Bonchev–Trinajstić information content (AvgIpc) is 1.86. The Bertz CT molecular complexity index is 124. The number of hydrogen-bond donors (Lipinski definition) is 0. The number of rotatable bonds is 5. The van der Waals surface area contributed by atoms with Gasteiger partial charge < -0.3 is 4.52 Å². The van der Waals surface area contributed by atoms with Crippen LogP contribution in [-0.4, -0.2) is 12.4 Å². The molecule has 0 aliphatic heterocycles. The predicted octanol–water partition coefficient (Wildman–Crippen LogP) is 2.68. The van der Waals surface area contributed by atoms with E-state index < -0.39 is 0 Å². The van der Waals surface area contributed by atoms with Crippen LogP contribution in [0, 0.1) is 11.8 Å². The molecule has 0 bridgehead atoms. The molecule has 2 unspecified atom stereocenters. The molecule has 0 aromatic rings. The van der Waals surface area contributed by atoms with Crippen molar-refractivity contribution in [1.29, 1.82) is 0 Å². The molecular formula is C9H21O2P. The van der Waals surface area contributed by atoms with Crippen LogP contribution < -0.4 is 0 Å². The minimum absolute atomic E-state index is 0. The largest absolute Gasteiger partial charge is 0.365 e. The molecule has 0 N–H and O–H groups in total. The Kier molecular flexibility index (Phi) is 9.35. The van der Waals surface area contributed by atoms with Gasteiger partial charge in [-0.2, -0.15) is 0 Å². The number of carbonyl (C=O) groups is 1. The van der Waals surface area contributed by atoms with Crippen LogP contribution in [0.15, 0.2) is 0 Å². The highest BCUT2D eigenvalue weighted by Crippen LogP contribution is 2.08. The molecule has 0 saturated carbocycles. The van der Waals surface area contributed by atoms with Gasteiger partial charge in [-0.3, -0.25) is 4.79 Å². The molecule has 0 radical (unpaired) electrons. The van der Waals surface area contributed by atoms with E-state index in [-0.39, 0.29) is 13.3 Å². The lowest BCUT2D eigenvalue weighted by Gasteiger charge is -2.09. The predicted molar refractivity (Wildman–Crippen MR) is 56.0 cm³/mol. The van der Waals surface area contributed by atoms with E-state index in [1.165, 1.54) is 0 Å². The van der Waals surface area contributed by atoms with E-state index >= 15 is 0 Å². The SMILES string of the molecule is C.CC(C)CC(=O)C(C)COP. The summed E-state index contributed by atoms with van der Waals surface area (Å²) in [6.45, 7) is 6.50. The van der Waals surface area contributed by atoms with E-state index in [0.717, 1.165) is 0 Å². The first kappa shape index (κ1) is 14.6. The van der Waals surface area contributed by atoms with Crippen molar-refractivity contribution in [3.63, 3.8) is 0 Å². The fourth-order valence-corrected chi connectivity index (χ4v) is 1.13. The van der Waals surface area contributed by atoms with Gasteiger partial charge in [-0.05, 0) is 5.92 Å². The first-order chi connectivity index (χ1) is 5.07. The monoisotopic (exact) mass is 192 g/mol. The Labute approximate surface area is 78.4 Å². The van der Waals surface area contributed by atoms with Crippen LogP contribution in [0.5, 0.6) is 0 Å². The second-order valence-corrected chi connectivity index (χ2v) is 3.63. The van der Waals surface area contributed by atoms with Gasteiger partial charge in [-0.25, -0.2) is 0 Å².